The zero-order valence-corrected chi connectivity index (χ0v) is 20.1. The van der Waals surface area contributed by atoms with E-state index in [2.05, 4.69) is 9.44 Å². The minimum atomic E-state index is -4.04. The lowest BCUT2D eigenvalue weighted by molar-refractivity contribution is 0.123. The normalized spacial score (nSPS) is 14.4. The standard InChI is InChI=1S/C23H25N3O6S2/c1-31-23-10-6-5-9-20(23)24-34(29,30)19-11-12-22(26-13-15-32-16-14-26)21(17-19)25-33(27,28)18-7-3-2-4-8-18/h2-12,17,24-25H,13-16H2,1H3. The number of benzene rings is 3. The summed E-state index contributed by atoms with van der Waals surface area (Å²) < 4.78 is 68.1. The van der Waals surface area contributed by atoms with Gasteiger partial charge >= 0.3 is 0 Å². The van der Waals surface area contributed by atoms with Gasteiger partial charge in [-0.25, -0.2) is 16.8 Å². The van der Waals surface area contributed by atoms with Crippen LogP contribution < -0.4 is 19.1 Å². The van der Waals surface area contributed by atoms with E-state index in [-0.39, 0.29) is 21.2 Å². The van der Waals surface area contributed by atoms with Crippen LogP contribution in [0.15, 0.2) is 82.6 Å². The fraction of sp³-hybridized carbons (Fsp3) is 0.217. The van der Waals surface area contributed by atoms with Gasteiger partial charge in [-0.15, -0.1) is 0 Å². The lowest BCUT2D eigenvalue weighted by atomic mass is 10.2. The quantitative estimate of drug-likeness (QED) is 0.485. The number of sulfonamides is 2. The molecule has 0 aliphatic carbocycles. The first kappa shape index (κ1) is 23.9. The van der Waals surface area contributed by atoms with Gasteiger partial charge < -0.3 is 14.4 Å². The van der Waals surface area contributed by atoms with E-state index in [9.17, 15) is 16.8 Å². The van der Waals surface area contributed by atoms with Crippen molar-refractivity contribution in [2.45, 2.75) is 9.79 Å². The Morgan fingerprint density at radius 2 is 1.38 bits per heavy atom. The highest BCUT2D eigenvalue weighted by Gasteiger charge is 2.24. The van der Waals surface area contributed by atoms with Crippen LogP contribution in [-0.2, 0) is 24.8 Å². The molecule has 0 saturated carbocycles. The van der Waals surface area contributed by atoms with Gasteiger partial charge in [0.2, 0.25) is 0 Å². The molecule has 0 atom stereocenters. The van der Waals surface area contributed by atoms with Gasteiger partial charge in [0.15, 0.2) is 0 Å². The minimum absolute atomic E-state index is 0.0725. The Kier molecular flexibility index (Phi) is 6.96. The number of hydrogen-bond acceptors (Lipinski definition) is 7. The molecule has 2 N–H and O–H groups in total. The number of morpholine rings is 1. The highest BCUT2D eigenvalue weighted by molar-refractivity contribution is 7.93. The smallest absolute Gasteiger partial charge is 0.262 e. The molecule has 34 heavy (non-hydrogen) atoms. The van der Waals surface area contributed by atoms with Gasteiger partial charge in [-0.05, 0) is 42.5 Å². The molecule has 1 heterocycles. The summed E-state index contributed by atoms with van der Waals surface area (Å²) in [5, 5.41) is 0. The monoisotopic (exact) mass is 503 g/mol. The summed E-state index contributed by atoms with van der Waals surface area (Å²) in [5.74, 6) is 0.362. The van der Waals surface area contributed by atoms with Crippen molar-refractivity contribution in [3.8, 4) is 5.75 Å². The van der Waals surface area contributed by atoms with Crippen molar-refractivity contribution in [2.75, 3.05) is 47.8 Å². The SMILES string of the molecule is COc1ccccc1NS(=O)(=O)c1ccc(N2CCOCC2)c(NS(=O)(=O)c2ccccc2)c1. The van der Waals surface area contributed by atoms with E-state index in [1.807, 2.05) is 4.90 Å². The average molecular weight is 504 g/mol. The lowest BCUT2D eigenvalue weighted by Gasteiger charge is -2.31. The highest BCUT2D eigenvalue weighted by atomic mass is 32.2. The molecule has 1 aliphatic rings. The van der Waals surface area contributed by atoms with Crippen molar-refractivity contribution in [3.63, 3.8) is 0 Å². The maximum Gasteiger partial charge on any atom is 0.262 e. The molecule has 0 bridgehead atoms. The number of rotatable bonds is 8. The van der Waals surface area contributed by atoms with E-state index in [0.29, 0.717) is 37.7 Å². The fourth-order valence-electron chi connectivity index (χ4n) is 3.58. The number of para-hydroxylation sites is 2. The lowest BCUT2D eigenvalue weighted by Crippen LogP contribution is -2.36. The van der Waals surface area contributed by atoms with Crippen molar-refractivity contribution < 1.29 is 26.3 Å². The second-order valence-electron chi connectivity index (χ2n) is 7.50. The van der Waals surface area contributed by atoms with Crippen molar-refractivity contribution in [2.24, 2.45) is 0 Å². The van der Waals surface area contributed by atoms with E-state index in [4.69, 9.17) is 9.47 Å². The number of hydrogen-bond donors (Lipinski definition) is 2. The van der Waals surface area contributed by atoms with Crippen molar-refractivity contribution in [3.05, 3.63) is 72.8 Å². The maximum absolute atomic E-state index is 13.2. The molecule has 11 heteroatoms. The first-order valence-electron chi connectivity index (χ1n) is 10.5. The molecule has 1 aliphatic heterocycles. The molecule has 1 saturated heterocycles. The number of nitrogens with zero attached hydrogens (tertiary/aromatic N) is 1. The van der Waals surface area contributed by atoms with Crippen LogP contribution >= 0.6 is 0 Å². The van der Waals surface area contributed by atoms with Gasteiger partial charge in [-0.1, -0.05) is 30.3 Å². The molecule has 0 radical (unpaired) electrons. The predicted octanol–water partition coefficient (Wildman–Crippen LogP) is 3.13. The molecule has 0 unspecified atom stereocenters. The fourth-order valence-corrected chi connectivity index (χ4v) is 5.76. The Bertz CT molecular complexity index is 1360. The Labute approximate surface area is 199 Å². The highest BCUT2D eigenvalue weighted by Crippen LogP contribution is 2.33. The first-order valence-corrected chi connectivity index (χ1v) is 13.5. The summed E-state index contributed by atoms with van der Waals surface area (Å²) in [6.45, 7) is 2.07. The van der Waals surface area contributed by atoms with Crippen LogP contribution in [0.1, 0.15) is 0 Å². The molecular formula is C23H25N3O6S2. The third-order valence-corrected chi connectivity index (χ3v) is 8.02. The topological polar surface area (TPSA) is 114 Å². The minimum Gasteiger partial charge on any atom is -0.495 e. The van der Waals surface area contributed by atoms with E-state index in [0.717, 1.165) is 0 Å². The van der Waals surface area contributed by atoms with Gasteiger partial charge in [0.05, 0.1) is 47.2 Å². The molecule has 180 valence electrons. The summed E-state index contributed by atoms with van der Waals surface area (Å²) in [5.41, 5.74) is 1.00. The summed E-state index contributed by atoms with van der Waals surface area (Å²) in [7, 11) is -6.55. The van der Waals surface area contributed by atoms with E-state index < -0.39 is 20.0 Å². The van der Waals surface area contributed by atoms with E-state index in [1.54, 1.807) is 48.5 Å². The zero-order chi connectivity index (χ0) is 24.2. The summed E-state index contributed by atoms with van der Waals surface area (Å²) in [6, 6.07) is 18.9. The van der Waals surface area contributed by atoms with Crippen LogP contribution in [0, 0.1) is 0 Å². The first-order chi connectivity index (χ1) is 16.3. The maximum atomic E-state index is 13.2. The van der Waals surface area contributed by atoms with Crippen molar-refractivity contribution in [1.82, 2.24) is 0 Å². The largest absolute Gasteiger partial charge is 0.495 e. The van der Waals surface area contributed by atoms with Gasteiger partial charge in [0.1, 0.15) is 5.75 Å². The van der Waals surface area contributed by atoms with Crippen LogP contribution in [0.25, 0.3) is 0 Å². The van der Waals surface area contributed by atoms with Gasteiger partial charge in [-0.2, -0.15) is 0 Å². The third kappa shape index (κ3) is 5.27. The summed E-state index contributed by atoms with van der Waals surface area (Å²) in [4.78, 5) is 1.93. The molecule has 1 fully saturated rings. The third-order valence-electron chi connectivity index (χ3n) is 5.28. The molecule has 4 rings (SSSR count). The Balaban J connectivity index is 1.73. The van der Waals surface area contributed by atoms with Crippen LogP contribution in [-0.4, -0.2) is 50.2 Å². The molecule has 3 aromatic carbocycles. The molecule has 9 nitrogen and oxygen atoms in total. The summed E-state index contributed by atoms with van der Waals surface area (Å²) in [6.07, 6.45) is 0. The molecular weight excluding hydrogens is 478 g/mol. The van der Waals surface area contributed by atoms with Crippen LogP contribution in [0.4, 0.5) is 17.1 Å². The van der Waals surface area contributed by atoms with Crippen LogP contribution in [0.3, 0.4) is 0 Å². The second kappa shape index (κ2) is 9.92. The molecule has 3 aromatic rings. The second-order valence-corrected chi connectivity index (χ2v) is 10.9. The van der Waals surface area contributed by atoms with Gasteiger partial charge in [0.25, 0.3) is 20.0 Å². The van der Waals surface area contributed by atoms with Crippen molar-refractivity contribution in [1.29, 1.82) is 0 Å². The van der Waals surface area contributed by atoms with Crippen LogP contribution in [0.5, 0.6) is 5.75 Å². The summed E-state index contributed by atoms with van der Waals surface area (Å²) >= 11 is 0. The molecule has 0 aromatic heterocycles. The number of nitrogens with one attached hydrogen (secondary N) is 2. The number of ether oxygens (including phenoxy) is 2. The van der Waals surface area contributed by atoms with E-state index in [1.165, 1.54) is 31.4 Å². The zero-order valence-electron chi connectivity index (χ0n) is 18.5. The number of anilines is 3. The Morgan fingerprint density at radius 3 is 2.09 bits per heavy atom. The van der Waals surface area contributed by atoms with Crippen LogP contribution in [0.2, 0.25) is 0 Å². The molecule has 0 spiro atoms. The van der Waals surface area contributed by atoms with E-state index >= 15 is 0 Å². The Morgan fingerprint density at radius 1 is 0.765 bits per heavy atom. The molecule has 0 amide bonds. The predicted molar refractivity (Wildman–Crippen MR) is 131 cm³/mol. The van der Waals surface area contributed by atoms with Gasteiger partial charge in [-0.3, -0.25) is 9.44 Å². The number of methoxy groups -OCH3 is 1. The van der Waals surface area contributed by atoms with Gasteiger partial charge in [0, 0.05) is 13.1 Å². The van der Waals surface area contributed by atoms with Crippen molar-refractivity contribution >= 4 is 37.1 Å². The Hall–Kier alpha value is -3.28. The average Bonchev–Trinajstić information content (AvgIpc) is 2.85.